The molecular weight excluding hydrogens is 399 g/mol. The van der Waals surface area contributed by atoms with Crippen LogP contribution in [0.5, 0.6) is 5.75 Å². The third kappa shape index (κ3) is 5.42. The van der Waals surface area contributed by atoms with Gasteiger partial charge >= 0.3 is 5.97 Å². The number of hydrogen-bond acceptors (Lipinski definition) is 4. The fourth-order valence-electron chi connectivity index (χ4n) is 2.21. The number of hydrazone groups is 1. The van der Waals surface area contributed by atoms with Crippen LogP contribution in [0.4, 0.5) is 0 Å². The van der Waals surface area contributed by atoms with Crippen molar-refractivity contribution in [2.45, 2.75) is 0 Å². The van der Waals surface area contributed by atoms with Gasteiger partial charge in [0.05, 0.1) is 11.8 Å². The molecule has 0 spiro atoms. The minimum atomic E-state index is -0.478. The Labute approximate surface area is 171 Å². The number of carbonyl (C=O) groups excluding carboxylic acids is 2. The fraction of sp³-hybridized carbons (Fsp3) is 0. The molecule has 3 aromatic rings. The molecule has 1 N–H and O–H groups in total. The first-order chi connectivity index (χ1) is 13.5. The quantitative estimate of drug-likeness (QED) is 0.278. The third-order valence-electron chi connectivity index (χ3n) is 3.66. The minimum Gasteiger partial charge on any atom is -0.423 e. The summed E-state index contributed by atoms with van der Waals surface area (Å²) in [6.45, 7) is 0. The maximum Gasteiger partial charge on any atom is 0.343 e. The summed E-state index contributed by atoms with van der Waals surface area (Å²) in [4.78, 5) is 24.0. The van der Waals surface area contributed by atoms with Crippen LogP contribution >= 0.6 is 23.2 Å². The van der Waals surface area contributed by atoms with Gasteiger partial charge in [-0.25, -0.2) is 10.2 Å². The van der Waals surface area contributed by atoms with Crippen molar-refractivity contribution in [3.63, 3.8) is 0 Å². The van der Waals surface area contributed by atoms with Gasteiger partial charge in [-0.2, -0.15) is 5.10 Å². The van der Waals surface area contributed by atoms with Crippen molar-refractivity contribution in [1.82, 2.24) is 5.43 Å². The van der Waals surface area contributed by atoms with Crippen LogP contribution in [0.2, 0.25) is 10.0 Å². The lowest BCUT2D eigenvalue weighted by molar-refractivity contribution is 0.0734. The molecule has 7 heteroatoms. The number of benzene rings is 3. The normalized spacial score (nSPS) is 10.6. The number of rotatable bonds is 5. The van der Waals surface area contributed by atoms with Crippen LogP contribution in [0.25, 0.3) is 0 Å². The van der Waals surface area contributed by atoms with E-state index < -0.39 is 5.97 Å². The van der Waals surface area contributed by atoms with E-state index in [4.69, 9.17) is 27.9 Å². The Morgan fingerprint density at radius 3 is 1.89 bits per heavy atom. The maximum atomic E-state index is 12.1. The van der Waals surface area contributed by atoms with Gasteiger partial charge in [-0.05, 0) is 78.4 Å². The van der Waals surface area contributed by atoms with Crippen molar-refractivity contribution in [3.8, 4) is 5.75 Å². The first-order valence-corrected chi connectivity index (χ1v) is 8.93. The van der Waals surface area contributed by atoms with Crippen molar-refractivity contribution in [3.05, 3.63) is 99.5 Å². The lowest BCUT2D eigenvalue weighted by Crippen LogP contribution is -2.17. The molecule has 0 aliphatic heterocycles. The molecule has 0 aromatic heterocycles. The first kappa shape index (κ1) is 19.6. The fourth-order valence-corrected chi connectivity index (χ4v) is 2.46. The second kappa shape index (κ2) is 9.17. The summed E-state index contributed by atoms with van der Waals surface area (Å²) in [7, 11) is 0. The number of ether oxygens (including phenoxy) is 1. The molecule has 0 heterocycles. The van der Waals surface area contributed by atoms with Gasteiger partial charge in [0.15, 0.2) is 0 Å². The highest BCUT2D eigenvalue weighted by atomic mass is 35.5. The Morgan fingerprint density at radius 1 is 0.786 bits per heavy atom. The molecule has 3 rings (SSSR count). The smallest absolute Gasteiger partial charge is 0.343 e. The lowest BCUT2D eigenvalue weighted by Gasteiger charge is -2.05. The number of esters is 1. The highest BCUT2D eigenvalue weighted by Crippen LogP contribution is 2.15. The monoisotopic (exact) mass is 412 g/mol. The topological polar surface area (TPSA) is 67.8 Å². The van der Waals surface area contributed by atoms with Crippen LogP contribution in [-0.2, 0) is 0 Å². The van der Waals surface area contributed by atoms with Gasteiger partial charge in [-0.3, -0.25) is 4.79 Å². The van der Waals surface area contributed by atoms with E-state index in [1.165, 1.54) is 6.21 Å². The van der Waals surface area contributed by atoms with Crippen LogP contribution in [0, 0.1) is 0 Å². The standard InChI is InChI=1S/C21H14Cl2N2O3/c22-17-7-3-15(4-8-17)20(26)25-24-13-14-1-11-19(12-2-14)28-21(27)16-5-9-18(23)10-6-16/h1-13H,(H,25,26)/b24-13+. The molecule has 3 aromatic carbocycles. The number of hydrogen-bond donors (Lipinski definition) is 1. The molecule has 0 radical (unpaired) electrons. The van der Waals surface area contributed by atoms with Crippen molar-refractivity contribution < 1.29 is 14.3 Å². The summed E-state index contributed by atoms with van der Waals surface area (Å²) in [5, 5.41) is 5.01. The Hall–Kier alpha value is -3.15. The van der Waals surface area contributed by atoms with E-state index in [1.54, 1.807) is 72.8 Å². The zero-order valence-electron chi connectivity index (χ0n) is 14.4. The van der Waals surface area contributed by atoms with Crippen LogP contribution < -0.4 is 10.2 Å². The molecule has 5 nitrogen and oxygen atoms in total. The summed E-state index contributed by atoms with van der Waals surface area (Å²) < 4.78 is 5.30. The second-order valence-electron chi connectivity index (χ2n) is 5.67. The van der Waals surface area contributed by atoms with Gasteiger partial charge in [-0.15, -0.1) is 0 Å². The average Bonchev–Trinajstić information content (AvgIpc) is 2.70. The Bertz CT molecular complexity index is 999. The van der Waals surface area contributed by atoms with E-state index >= 15 is 0 Å². The molecule has 1 amide bonds. The van der Waals surface area contributed by atoms with Gasteiger partial charge in [0.2, 0.25) is 0 Å². The Kier molecular flexibility index (Phi) is 6.42. The van der Waals surface area contributed by atoms with Gasteiger partial charge in [0.25, 0.3) is 5.91 Å². The molecule has 0 aliphatic carbocycles. The molecule has 0 fully saturated rings. The van der Waals surface area contributed by atoms with Crippen molar-refractivity contribution in [2.75, 3.05) is 0 Å². The zero-order valence-corrected chi connectivity index (χ0v) is 15.9. The number of amides is 1. The third-order valence-corrected chi connectivity index (χ3v) is 4.16. The van der Waals surface area contributed by atoms with Crippen LogP contribution in [0.1, 0.15) is 26.3 Å². The molecular formula is C21H14Cl2N2O3. The molecule has 28 heavy (non-hydrogen) atoms. The molecule has 140 valence electrons. The summed E-state index contributed by atoms with van der Waals surface area (Å²) in [6.07, 6.45) is 1.48. The average molecular weight is 413 g/mol. The predicted molar refractivity (Wildman–Crippen MR) is 109 cm³/mol. The Morgan fingerprint density at radius 2 is 1.32 bits per heavy atom. The van der Waals surface area contributed by atoms with Crippen LogP contribution in [-0.4, -0.2) is 18.1 Å². The summed E-state index contributed by atoms with van der Waals surface area (Å²) in [5.41, 5.74) is 4.01. The summed E-state index contributed by atoms with van der Waals surface area (Å²) >= 11 is 11.6. The Balaban J connectivity index is 1.55. The predicted octanol–water partition coefficient (Wildman–Crippen LogP) is 4.98. The molecule has 0 saturated carbocycles. The van der Waals surface area contributed by atoms with E-state index in [-0.39, 0.29) is 5.91 Å². The van der Waals surface area contributed by atoms with E-state index in [0.717, 1.165) is 5.56 Å². The van der Waals surface area contributed by atoms with Gasteiger partial charge in [0.1, 0.15) is 5.75 Å². The van der Waals surface area contributed by atoms with Crippen LogP contribution in [0.3, 0.4) is 0 Å². The van der Waals surface area contributed by atoms with Crippen molar-refractivity contribution >= 4 is 41.3 Å². The van der Waals surface area contributed by atoms with Crippen molar-refractivity contribution in [1.29, 1.82) is 0 Å². The summed E-state index contributed by atoms with van der Waals surface area (Å²) in [5.74, 6) is -0.433. The zero-order chi connectivity index (χ0) is 19.9. The molecule has 0 aliphatic rings. The maximum absolute atomic E-state index is 12.1. The number of nitrogens with zero attached hydrogens (tertiary/aromatic N) is 1. The molecule has 0 atom stereocenters. The van der Waals surface area contributed by atoms with Gasteiger partial charge < -0.3 is 4.74 Å². The highest BCUT2D eigenvalue weighted by Gasteiger charge is 2.08. The first-order valence-electron chi connectivity index (χ1n) is 8.18. The van der Waals surface area contributed by atoms with E-state index in [1.807, 2.05) is 0 Å². The van der Waals surface area contributed by atoms with Gasteiger partial charge in [-0.1, -0.05) is 23.2 Å². The molecule has 0 unspecified atom stereocenters. The van der Waals surface area contributed by atoms with Crippen LogP contribution in [0.15, 0.2) is 77.9 Å². The highest BCUT2D eigenvalue weighted by molar-refractivity contribution is 6.31. The molecule has 0 bridgehead atoms. The SMILES string of the molecule is O=C(N/N=C/c1ccc(OC(=O)c2ccc(Cl)cc2)cc1)c1ccc(Cl)cc1. The van der Waals surface area contributed by atoms with E-state index in [0.29, 0.717) is 26.9 Å². The minimum absolute atomic E-state index is 0.346. The number of nitrogens with one attached hydrogen (secondary N) is 1. The second-order valence-corrected chi connectivity index (χ2v) is 6.54. The summed E-state index contributed by atoms with van der Waals surface area (Å²) in [6, 6.07) is 19.6. The largest absolute Gasteiger partial charge is 0.423 e. The van der Waals surface area contributed by atoms with Crippen molar-refractivity contribution in [2.24, 2.45) is 5.10 Å². The number of halogens is 2. The number of carbonyl (C=O) groups is 2. The van der Waals surface area contributed by atoms with Gasteiger partial charge in [0, 0.05) is 15.6 Å². The lowest BCUT2D eigenvalue weighted by atomic mass is 10.2. The van der Waals surface area contributed by atoms with E-state index in [9.17, 15) is 9.59 Å². The van der Waals surface area contributed by atoms with E-state index in [2.05, 4.69) is 10.5 Å². The molecule has 0 saturated heterocycles.